The van der Waals surface area contributed by atoms with Gasteiger partial charge >= 0.3 is 0 Å². The predicted octanol–water partition coefficient (Wildman–Crippen LogP) is 2.72. The second-order valence-electron chi connectivity index (χ2n) is 8.25. The van der Waals surface area contributed by atoms with Crippen LogP contribution in [-0.2, 0) is 32.5 Å². The fourth-order valence-corrected chi connectivity index (χ4v) is 6.97. The molecule has 1 atom stereocenters. The monoisotopic (exact) mass is 462 g/mol. The van der Waals surface area contributed by atoms with Crippen LogP contribution in [0.5, 0.6) is 0 Å². The van der Waals surface area contributed by atoms with Crippen LogP contribution >= 0.6 is 11.3 Å². The zero-order valence-electron chi connectivity index (χ0n) is 17.2. The lowest BCUT2D eigenvalue weighted by Crippen LogP contribution is -2.43. The standard InChI is InChI=1S/C22H26N2O5S2/c25-21(23-8-2-4-18(14-23)22-28-10-11-29-22)16-3-1-5-19(13-16)31(26,27)24-9-6-20-17(15-24)7-12-30-20/h1,3,5,7,12-13,18,22H,2,4,6,8-11,14-15H2. The number of sulfonamides is 1. The van der Waals surface area contributed by atoms with Gasteiger partial charge < -0.3 is 14.4 Å². The molecule has 2 aromatic rings. The maximum Gasteiger partial charge on any atom is 0.253 e. The van der Waals surface area contributed by atoms with Crippen LogP contribution in [-0.4, -0.2) is 62.7 Å². The highest BCUT2D eigenvalue weighted by atomic mass is 32.2. The largest absolute Gasteiger partial charge is 0.350 e. The van der Waals surface area contributed by atoms with Gasteiger partial charge in [0.15, 0.2) is 6.29 Å². The molecule has 0 N–H and O–H groups in total. The zero-order valence-corrected chi connectivity index (χ0v) is 18.9. The number of hydrogen-bond acceptors (Lipinski definition) is 6. The number of benzene rings is 1. The average Bonchev–Trinajstić information content (AvgIpc) is 3.50. The number of hydrogen-bond donors (Lipinski definition) is 0. The predicted molar refractivity (Wildman–Crippen MR) is 116 cm³/mol. The molecule has 7 nitrogen and oxygen atoms in total. The summed E-state index contributed by atoms with van der Waals surface area (Å²) >= 11 is 1.68. The fraction of sp³-hybridized carbons (Fsp3) is 0.500. The number of carbonyl (C=O) groups excluding carboxylic acids is 1. The Morgan fingerprint density at radius 1 is 1.13 bits per heavy atom. The van der Waals surface area contributed by atoms with Crippen LogP contribution in [0.2, 0.25) is 0 Å². The second kappa shape index (κ2) is 8.63. The number of nitrogens with zero attached hydrogens (tertiary/aromatic N) is 2. The van der Waals surface area contributed by atoms with Gasteiger partial charge in [-0.05, 0) is 54.5 Å². The summed E-state index contributed by atoms with van der Waals surface area (Å²) in [6.07, 6.45) is 2.32. The summed E-state index contributed by atoms with van der Waals surface area (Å²) in [5, 5.41) is 2.01. The van der Waals surface area contributed by atoms with Crippen LogP contribution in [0.25, 0.3) is 0 Å². The van der Waals surface area contributed by atoms with E-state index >= 15 is 0 Å². The van der Waals surface area contributed by atoms with Crippen LogP contribution in [0.4, 0.5) is 0 Å². The third-order valence-electron chi connectivity index (χ3n) is 6.27. The number of fused-ring (bicyclic) bond motifs is 1. The van der Waals surface area contributed by atoms with Crippen molar-refractivity contribution >= 4 is 27.3 Å². The molecule has 166 valence electrons. The van der Waals surface area contributed by atoms with Crippen molar-refractivity contribution in [2.45, 2.75) is 37.0 Å². The minimum atomic E-state index is -3.67. The molecule has 31 heavy (non-hydrogen) atoms. The Morgan fingerprint density at radius 2 is 1.97 bits per heavy atom. The van der Waals surface area contributed by atoms with Crippen molar-refractivity contribution in [3.8, 4) is 0 Å². The molecular formula is C22H26N2O5S2. The highest BCUT2D eigenvalue weighted by Crippen LogP contribution is 2.29. The van der Waals surface area contributed by atoms with E-state index in [-0.39, 0.29) is 23.0 Å². The molecule has 5 rings (SSSR count). The Kier molecular flexibility index (Phi) is 5.87. The van der Waals surface area contributed by atoms with Crippen molar-refractivity contribution in [1.29, 1.82) is 0 Å². The molecule has 1 amide bonds. The number of piperidine rings is 1. The zero-order chi connectivity index (χ0) is 21.4. The first-order valence-corrected chi connectivity index (χ1v) is 13.0. The van der Waals surface area contributed by atoms with Crippen LogP contribution in [0.3, 0.4) is 0 Å². The number of carbonyl (C=O) groups is 1. The van der Waals surface area contributed by atoms with E-state index in [0.29, 0.717) is 45.0 Å². The molecule has 3 aliphatic heterocycles. The van der Waals surface area contributed by atoms with E-state index in [1.54, 1.807) is 34.4 Å². The molecule has 1 aromatic heterocycles. The third-order valence-corrected chi connectivity index (χ3v) is 9.13. The highest BCUT2D eigenvalue weighted by molar-refractivity contribution is 7.89. The molecule has 1 unspecified atom stereocenters. The van der Waals surface area contributed by atoms with Crippen molar-refractivity contribution in [3.05, 3.63) is 51.7 Å². The smallest absolute Gasteiger partial charge is 0.253 e. The summed E-state index contributed by atoms with van der Waals surface area (Å²) < 4.78 is 39.3. The van der Waals surface area contributed by atoms with E-state index in [1.165, 1.54) is 15.2 Å². The molecule has 4 heterocycles. The van der Waals surface area contributed by atoms with Gasteiger partial charge in [-0.1, -0.05) is 6.07 Å². The molecule has 0 radical (unpaired) electrons. The van der Waals surface area contributed by atoms with Gasteiger partial charge in [-0.25, -0.2) is 8.42 Å². The SMILES string of the molecule is O=C(c1cccc(S(=O)(=O)N2CCc3sccc3C2)c1)N1CCCC(C2OCCO2)C1. The van der Waals surface area contributed by atoms with Crippen molar-refractivity contribution < 1.29 is 22.7 Å². The lowest BCUT2D eigenvalue weighted by atomic mass is 9.96. The quantitative estimate of drug-likeness (QED) is 0.698. The maximum absolute atomic E-state index is 13.3. The fourth-order valence-electron chi connectivity index (χ4n) is 4.61. The van der Waals surface area contributed by atoms with Crippen LogP contribution in [0, 0.1) is 5.92 Å². The lowest BCUT2D eigenvalue weighted by molar-refractivity contribution is -0.0969. The minimum absolute atomic E-state index is 0.140. The molecule has 0 saturated carbocycles. The molecule has 0 aliphatic carbocycles. The lowest BCUT2D eigenvalue weighted by Gasteiger charge is -2.34. The topological polar surface area (TPSA) is 76.2 Å². The summed E-state index contributed by atoms with van der Waals surface area (Å²) in [7, 11) is -3.67. The van der Waals surface area contributed by atoms with Crippen molar-refractivity contribution in [3.63, 3.8) is 0 Å². The van der Waals surface area contributed by atoms with Gasteiger partial charge in [-0.2, -0.15) is 4.31 Å². The average molecular weight is 463 g/mol. The summed E-state index contributed by atoms with van der Waals surface area (Å²) in [4.78, 5) is 16.4. The summed E-state index contributed by atoms with van der Waals surface area (Å²) in [5.74, 6) is 0.0128. The number of likely N-dealkylation sites (tertiary alicyclic amines) is 1. The van der Waals surface area contributed by atoms with E-state index in [2.05, 4.69) is 0 Å². The van der Waals surface area contributed by atoms with Gasteiger partial charge in [0, 0.05) is 42.5 Å². The van der Waals surface area contributed by atoms with Gasteiger partial charge in [-0.3, -0.25) is 4.79 Å². The van der Waals surface area contributed by atoms with Crippen LogP contribution < -0.4 is 0 Å². The molecule has 1 aromatic carbocycles. The highest BCUT2D eigenvalue weighted by Gasteiger charge is 2.34. The van der Waals surface area contributed by atoms with Gasteiger partial charge in [0.1, 0.15) is 0 Å². The number of rotatable bonds is 4. The number of ether oxygens (including phenoxy) is 2. The Labute approximate surface area is 186 Å². The first kappa shape index (κ1) is 21.1. The normalized spacial score (nSPS) is 23.1. The van der Waals surface area contributed by atoms with Crippen molar-refractivity contribution in [2.75, 3.05) is 32.8 Å². The first-order chi connectivity index (χ1) is 15.0. The Balaban J connectivity index is 1.33. The molecular weight excluding hydrogens is 436 g/mol. The van der Waals surface area contributed by atoms with Gasteiger partial charge in [0.25, 0.3) is 5.91 Å². The van der Waals surface area contributed by atoms with Crippen LogP contribution in [0.1, 0.15) is 33.6 Å². The molecule has 0 spiro atoms. The third kappa shape index (κ3) is 4.17. The van der Waals surface area contributed by atoms with E-state index in [1.807, 2.05) is 11.4 Å². The second-order valence-corrected chi connectivity index (χ2v) is 11.2. The van der Waals surface area contributed by atoms with Crippen LogP contribution in [0.15, 0.2) is 40.6 Å². The van der Waals surface area contributed by atoms with Crippen molar-refractivity contribution in [1.82, 2.24) is 9.21 Å². The van der Waals surface area contributed by atoms with E-state index < -0.39 is 10.0 Å². The maximum atomic E-state index is 13.3. The Bertz CT molecular complexity index is 1060. The molecule has 3 aliphatic rings. The van der Waals surface area contributed by atoms with E-state index in [0.717, 1.165) is 24.8 Å². The first-order valence-electron chi connectivity index (χ1n) is 10.7. The van der Waals surface area contributed by atoms with Gasteiger partial charge in [0.2, 0.25) is 10.0 Å². The molecule has 0 bridgehead atoms. The van der Waals surface area contributed by atoms with E-state index in [4.69, 9.17) is 9.47 Å². The number of thiophene rings is 1. The number of amides is 1. The summed E-state index contributed by atoms with van der Waals surface area (Å²) in [5.41, 5.74) is 1.48. The van der Waals surface area contributed by atoms with E-state index in [9.17, 15) is 13.2 Å². The minimum Gasteiger partial charge on any atom is -0.350 e. The van der Waals surface area contributed by atoms with Crippen molar-refractivity contribution in [2.24, 2.45) is 5.92 Å². The summed E-state index contributed by atoms with van der Waals surface area (Å²) in [6, 6.07) is 8.44. The Morgan fingerprint density at radius 3 is 2.81 bits per heavy atom. The molecule has 9 heteroatoms. The molecule has 2 fully saturated rings. The Hall–Kier alpha value is -1.78. The molecule has 2 saturated heterocycles. The van der Waals surface area contributed by atoms with Gasteiger partial charge in [0.05, 0.1) is 18.1 Å². The summed E-state index contributed by atoms with van der Waals surface area (Å²) in [6.45, 7) is 3.26. The van der Waals surface area contributed by atoms with Gasteiger partial charge in [-0.15, -0.1) is 11.3 Å².